The summed E-state index contributed by atoms with van der Waals surface area (Å²) in [4.78, 5) is 23.4. The summed E-state index contributed by atoms with van der Waals surface area (Å²) in [5, 5.41) is -0.971. The topological polar surface area (TPSA) is 52.6 Å². The van der Waals surface area contributed by atoms with E-state index in [1.807, 2.05) is 0 Å². The largest absolute Gasteiger partial charge is 0.462 e. The summed E-state index contributed by atoms with van der Waals surface area (Å²) in [5.41, 5.74) is 0.350. The lowest BCUT2D eigenvalue weighted by atomic mass is 9.66. The maximum Gasteiger partial charge on any atom is 0.333 e. The van der Waals surface area contributed by atoms with E-state index in [9.17, 15) is 18.4 Å². The standard InChI is InChI=1S/C26H39ClF2O4/c1-16(2)26(31)32-13-3-4-24(30)33-21-11-9-18(10-12-21)17-5-7-19(8-6-17)20-14-22(28)25(27)23(29)15-20/h17-23,25H,1,3-15H2,2H3. The van der Waals surface area contributed by atoms with Crippen molar-refractivity contribution in [3.8, 4) is 0 Å². The molecule has 3 rings (SSSR count). The predicted octanol–water partition coefficient (Wildman–Crippen LogP) is 6.49. The third-order valence-electron chi connectivity index (χ3n) is 8.02. The maximum absolute atomic E-state index is 14.0. The van der Waals surface area contributed by atoms with Gasteiger partial charge in [-0.25, -0.2) is 13.6 Å². The molecule has 7 heteroatoms. The Morgan fingerprint density at radius 1 is 0.879 bits per heavy atom. The molecule has 3 aliphatic rings. The number of halogens is 3. The van der Waals surface area contributed by atoms with Crippen LogP contribution < -0.4 is 0 Å². The van der Waals surface area contributed by atoms with Crippen LogP contribution in [0.4, 0.5) is 8.78 Å². The first kappa shape index (κ1) is 26.4. The average molecular weight is 489 g/mol. The second kappa shape index (κ2) is 12.5. The highest BCUT2D eigenvalue weighted by Crippen LogP contribution is 2.46. The van der Waals surface area contributed by atoms with Crippen molar-refractivity contribution in [1.29, 1.82) is 0 Å². The molecule has 0 aromatic carbocycles. The third-order valence-corrected chi connectivity index (χ3v) is 8.57. The zero-order valence-corrected chi connectivity index (χ0v) is 20.5. The molecule has 0 aromatic rings. The van der Waals surface area contributed by atoms with Gasteiger partial charge in [-0.3, -0.25) is 4.79 Å². The molecule has 0 spiro atoms. The monoisotopic (exact) mass is 488 g/mol. The van der Waals surface area contributed by atoms with Gasteiger partial charge in [0.2, 0.25) is 0 Å². The van der Waals surface area contributed by atoms with Crippen molar-refractivity contribution in [2.75, 3.05) is 6.61 Å². The minimum absolute atomic E-state index is 0.0169. The Labute approximate surface area is 201 Å². The molecule has 0 N–H and O–H groups in total. The van der Waals surface area contributed by atoms with Crippen molar-refractivity contribution in [2.24, 2.45) is 23.7 Å². The van der Waals surface area contributed by atoms with Crippen LogP contribution in [0.5, 0.6) is 0 Å². The van der Waals surface area contributed by atoms with Crippen molar-refractivity contribution in [3.63, 3.8) is 0 Å². The lowest BCUT2D eigenvalue weighted by molar-refractivity contribution is -0.152. The molecule has 2 atom stereocenters. The Kier molecular flexibility index (Phi) is 10.0. The molecule has 0 bridgehead atoms. The highest BCUT2D eigenvalue weighted by Gasteiger charge is 2.41. The zero-order chi connectivity index (χ0) is 24.0. The molecule has 0 aromatic heterocycles. The lowest BCUT2D eigenvalue weighted by Crippen LogP contribution is -2.40. The molecule has 0 aliphatic heterocycles. The molecular formula is C26H39ClF2O4. The Bertz CT molecular complexity index is 659. The van der Waals surface area contributed by atoms with Gasteiger partial charge in [0.1, 0.15) is 18.4 Å². The van der Waals surface area contributed by atoms with Gasteiger partial charge in [-0.05, 0) is 101 Å². The summed E-state index contributed by atoms with van der Waals surface area (Å²) in [6.45, 7) is 5.31. The number of esters is 2. The molecule has 3 aliphatic carbocycles. The molecule has 3 saturated carbocycles. The van der Waals surface area contributed by atoms with E-state index in [1.165, 1.54) is 0 Å². The van der Waals surface area contributed by atoms with Gasteiger partial charge in [-0.15, -0.1) is 11.6 Å². The fraction of sp³-hybridized carbons (Fsp3) is 0.846. The quantitative estimate of drug-likeness (QED) is 0.169. The van der Waals surface area contributed by atoms with E-state index in [-0.39, 0.29) is 31.0 Å². The summed E-state index contributed by atoms with van der Waals surface area (Å²) in [7, 11) is 0. The van der Waals surface area contributed by atoms with Crippen LogP contribution in [-0.4, -0.2) is 42.4 Å². The van der Waals surface area contributed by atoms with Gasteiger partial charge in [0.25, 0.3) is 0 Å². The van der Waals surface area contributed by atoms with E-state index in [0.717, 1.165) is 51.4 Å². The normalized spacial score (nSPS) is 37.2. The minimum atomic E-state index is -1.22. The van der Waals surface area contributed by atoms with Gasteiger partial charge >= 0.3 is 11.9 Å². The van der Waals surface area contributed by atoms with Gasteiger partial charge in [0.05, 0.1) is 12.0 Å². The van der Waals surface area contributed by atoms with Gasteiger partial charge in [-0.1, -0.05) is 6.58 Å². The molecule has 2 unspecified atom stereocenters. The number of carbonyl (C=O) groups excluding carboxylic acids is 2. The van der Waals surface area contributed by atoms with E-state index in [1.54, 1.807) is 6.92 Å². The Morgan fingerprint density at radius 2 is 1.36 bits per heavy atom. The molecule has 33 heavy (non-hydrogen) atoms. The summed E-state index contributed by atoms with van der Waals surface area (Å²) in [6.07, 6.45) is 7.40. The van der Waals surface area contributed by atoms with Crippen LogP contribution in [0.25, 0.3) is 0 Å². The number of ether oxygens (including phenoxy) is 2. The fourth-order valence-corrected chi connectivity index (χ4v) is 6.27. The van der Waals surface area contributed by atoms with Crippen LogP contribution >= 0.6 is 11.6 Å². The molecule has 0 amide bonds. The summed E-state index contributed by atoms with van der Waals surface area (Å²) < 4.78 is 38.7. The number of hydrogen-bond acceptors (Lipinski definition) is 4. The van der Waals surface area contributed by atoms with E-state index in [2.05, 4.69) is 6.58 Å². The lowest BCUT2D eigenvalue weighted by Gasteiger charge is -2.42. The fourth-order valence-electron chi connectivity index (χ4n) is 6.06. The Morgan fingerprint density at radius 3 is 1.88 bits per heavy atom. The first-order chi connectivity index (χ1) is 15.7. The Hall–Kier alpha value is -1.17. The van der Waals surface area contributed by atoms with Crippen LogP contribution in [-0.2, 0) is 19.1 Å². The van der Waals surface area contributed by atoms with E-state index >= 15 is 0 Å². The van der Waals surface area contributed by atoms with Crippen LogP contribution in [0.1, 0.15) is 84.0 Å². The predicted molar refractivity (Wildman–Crippen MR) is 124 cm³/mol. The van der Waals surface area contributed by atoms with Crippen molar-refractivity contribution >= 4 is 23.5 Å². The molecular weight excluding hydrogens is 450 g/mol. The SMILES string of the molecule is C=C(C)C(=O)OCCCC(=O)OC1CCC(C2CCC(C3CC(F)C(Cl)C(F)C3)CC2)CC1. The summed E-state index contributed by atoms with van der Waals surface area (Å²) in [5.74, 6) is 1.22. The summed E-state index contributed by atoms with van der Waals surface area (Å²) >= 11 is 5.84. The van der Waals surface area contributed by atoms with E-state index in [4.69, 9.17) is 21.1 Å². The second-order valence-corrected chi connectivity index (χ2v) is 10.9. The van der Waals surface area contributed by atoms with E-state index in [0.29, 0.717) is 42.6 Å². The maximum atomic E-state index is 14.0. The minimum Gasteiger partial charge on any atom is -0.462 e. The summed E-state index contributed by atoms with van der Waals surface area (Å²) in [6, 6.07) is 0. The molecule has 0 saturated heterocycles. The van der Waals surface area contributed by atoms with Gasteiger partial charge in [0.15, 0.2) is 0 Å². The molecule has 3 fully saturated rings. The van der Waals surface area contributed by atoms with Crippen molar-refractivity contribution in [2.45, 2.75) is 108 Å². The smallest absolute Gasteiger partial charge is 0.333 e. The van der Waals surface area contributed by atoms with E-state index < -0.39 is 23.7 Å². The Balaban J connectivity index is 1.30. The van der Waals surface area contributed by atoms with Crippen LogP contribution in [0.15, 0.2) is 12.2 Å². The van der Waals surface area contributed by atoms with Gasteiger partial charge in [-0.2, -0.15) is 0 Å². The van der Waals surface area contributed by atoms with Crippen molar-refractivity contribution in [1.82, 2.24) is 0 Å². The van der Waals surface area contributed by atoms with Crippen molar-refractivity contribution < 1.29 is 27.8 Å². The molecule has 0 heterocycles. The number of rotatable bonds is 8. The first-order valence-electron chi connectivity index (χ1n) is 12.7. The number of carbonyl (C=O) groups is 2. The number of hydrogen-bond donors (Lipinski definition) is 0. The first-order valence-corrected chi connectivity index (χ1v) is 13.1. The van der Waals surface area contributed by atoms with Crippen LogP contribution in [0.2, 0.25) is 0 Å². The highest BCUT2D eigenvalue weighted by atomic mass is 35.5. The van der Waals surface area contributed by atoms with Gasteiger partial charge < -0.3 is 9.47 Å². The second-order valence-electron chi connectivity index (χ2n) is 10.4. The molecule has 4 nitrogen and oxygen atoms in total. The average Bonchev–Trinajstić information content (AvgIpc) is 2.80. The zero-order valence-electron chi connectivity index (χ0n) is 19.8. The van der Waals surface area contributed by atoms with Gasteiger partial charge in [0, 0.05) is 12.0 Å². The van der Waals surface area contributed by atoms with Crippen LogP contribution in [0, 0.1) is 23.7 Å². The molecule has 0 radical (unpaired) electrons. The third kappa shape index (κ3) is 7.66. The highest BCUT2D eigenvalue weighted by molar-refractivity contribution is 6.21. The van der Waals surface area contributed by atoms with Crippen molar-refractivity contribution in [3.05, 3.63) is 12.2 Å². The van der Waals surface area contributed by atoms with Crippen LogP contribution in [0.3, 0.4) is 0 Å². The molecule has 188 valence electrons. The number of alkyl halides is 3.